The van der Waals surface area contributed by atoms with Crippen molar-refractivity contribution in [2.24, 2.45) is 5.92 Å². The van der Waals surface area contributed by atoms with Crippen LogP contribution >= 0.6 is 23.2 Å². The summed E-state index contributed by atoms with van der Waals surface area (Å²) in [6, 6.07) is 0.558. The molecule has 0 amide bonds. The number of halogens is 2. The standard InChI is InChI=1S/C9H18Cl2N2/c1-7(2)13-4-3-12-6-8-5-9(8,10)11/h7-8,12-13H,3-6H2,1-2H3. The quantitative estimate of drug-likeness (QED) is 0.531. The monoisotopic (exact) mass is 224 g/mol. The molecule has 13 heavy (non-hydrogen) atoms. The van der Waals surface area contributed by atoms with Crippen molar-refractivity contribution in [1.29, 1.82) is 0 Å². The third kappa shape index (κ3) is 4.50. The van der Waals surface area contributed by atoms with Crippen LogP contribution in [0.15, 0.2) is 0 Å². The third-order valence-electron chi connectivity index (χ3n) is 2.20. The second-order valence-corrected chi connectivity index (χ2v) is 5.52. The lowest BCUT2D eigenvalue weighted by Crippen LogP contribution is -2.32. The van der Waals surface area contributed by atoms with Crippen LogP contribution in [0.4, 0.5) is 0 Å². The average molecular weight is 225 g/mol. The van der Waals surface area contributed by atoms with E-state index in [1.165, 1.54) is 0 Å². The van der Waals surface area contributed by atoms with Crippen LogP contribution in [0.5, 0.6) is 0 Å². The molecule has 0 spiro atoms. The highest BCUT2D eigenvalue weighted by molar-refractivity contribution is 6.50. The predicted molar refractivity (Wildman–Crippen MR) is 58.6 cm³/mol. The van der Waals surface area contributed by atoms with Gasteiger partial charge in [0.05, 0.1) is 0 Å². The van der Waals surface area contributed by atoms with Crippen molar-refractivity contribution in [1.82, 2.24) is 10.6 Å². The molecule has 2 nitrogen and oxygen atoms in total. The molecule has 78 valence electrons. The fraction of sp³-hybridized carbons (Fsp3) is 1.00. The molecule has 1 fully saturated rings. The van der Waals surface area contributed by atoms with Crippen LogP contribution in [0.25, 0.3) is 0 Å². The summed E-state index contributed by atoms with van der Waals surface area (Å²) in [5.41, 5.74) is 0. The summed E-state index contributed by atoms with van der Waals surface area (Å²) in [7, 11) is 0. The molecule has 0 aliphatic heterocycles. The first-order valence-corrected chi connectivity index (χ1v) is 5.60. The molecule has 1 rings (SSSR count). The molecule has 1 atom stereocenters. The van der Waals surface area contributed by atoms with Gasteiger partial charge < -0.3 is 10.6 Å². The van der Waals surface area contributed by atoms with Crippen molar-refractivity contribution in [3.8, 4) is 0 Å². The Kier molecular flexibility index (Phi) is 4.30. The normalized spacial score (nSPS) is 25.2. The highest BCUT2D eigenvalue weighted by atomic mass is 35.5. The van der Waals surface area contributed by atoms with Gasteiger partial charge in [0.15, 0.2) is 0 Å². The summed E-state index contributed by atoms with van der Waals surface area (Å²) in [5.74, 6) is 0.454. The molecule has 1 unspecified atom stereocenters. The predicted octanol–water partition coefficient (Wildman–Crippen LogP) is 1.77. The fourth-order valence-corrected chi connectivity index (χ4v) is 1.74. The molecule has 4 heteroatoms. The Hall–Kier alpha value is 0.500. The zero-order valence-corrected chi connectivity index (χ0v) is 9.75. The van der Waals surface area contributed by atoms with Crippen LogP contribution in [0.2, 0.25) is 0 Å². The van der Waals surface area contributed by atoms with Crippen molar-refractivity contribution in [3.05, 3.63) is 0 Å². The molecular weight excluding hydrogens is 207 g/mol. The Morgan fingerprint density at radius 1 is 1.38 bits per heavy atom. The minimum atomic E-state index is -0.432. The molecule has 0 aromatic carbocycles. The van der Waals surface area contributed by atoms with E-state index in [1.807, 2.05) is 0 Å². The van der Waals surface area contributed by atoms with Gasteiger partial charge in [-0.2, -0.15) is 0 Å². The van der Waals surface area contributed by atoms with Gasteiger partial charge >= 0.3 is 0 Å². The van der Waals surface area contributed by atoms with Crippen LogP contribution in [-0.4, -0.2) is 30.0 Å². The van der Waals surface area contributed by atoms with E-state index in [2.05, 4.69) is 24.5 Å². The minimum absolute atomic E-state index is 0.432. The summed E-state index contributed by atoms with van der Waals surface area (Å²) < 4.78 is -0.432. The number of hydrogen-bond donors (Lipinski definition) is 2. The molecular formula is C9H18Cl2N2. The molecule has 0 bridgehead atoms. The zero-order valence-electron chi connectivity index (χ0n) is 8.24. The third-order valence-corrected chi connectivity index (χ3v) is 3.13. The van der Waals surface area contributed by atoms with Crippen molar-refractivity contribution in [2.75, 3.05) is 19.6 Å². The topological polar surface area (TPSA) is 24.1 Å². The van der Waals surface area contributed by atoms with Crippen molar-refractivity contribution in [3.63, 3.8) is 0 Å². The van der Waals surface area contributed by atoms with E-state index in [-0.39, 0.29) is 0 Å². The molecule has 0 heterocycles. The molecule has 1 saturated carbocycles. The molecule has 2 N–H and O–H groups in total. The van der Waals surface area contributed by atoms with Gasteiger partial charge in [0, 0.05) is 31.6 Å². The number of alkyl halides is 2. The summed E-state index contributed by atoms with van der Waals surface area (Å²) >= 11 is 11.8. The lowest BCUT2D eigenvalue weighted by Gasteiger charge is -2.08. The Bertz CT molecular complexity index is 160. The zero-order chi connectivity index (χ0) is 9.90. The van der Waals surface area contributed by atoms with E-state index in [9.17, 15) is 0 Å². The number of nitrogens with one attached hydrogen (secondary N) is 2. The van der Waals surface area contributed by atoms with Crippen LogP contribution in [-0.2, 0) is 0 Å². The first-order chi connectivity index (χ1) is 6.02. The Morgan fingerprint density at radius 2 is 2.00 bits per heavy atom. The molecule has 1 aliphatic rings. The molecule has 0 aromatic heterocycles. The first-order valence-electron chi connectivity index (χ1n) is 4.84. The van der Waals surface area contributed by atoms with Gasteiger partial charge in [-0.25, -0.2) is 0 Å². The lowest BCUT2D eigenvalue weighted by molar-refractivity contribution is 0.545. The van der Waals surface area contributed by atoms with E-state index in [1.54, 1.807) is 0 Å². The van der Waals surface area contributed by atoms with E-state index < -0.39 is 4.33 Å². The van der Waals surface area contributed by atoms with Crippen molar-refractivity contribution in [2.45, 2.75) is 30.6 Å². The van der Waals surface area contributed by atoms with Gasteiger partial charge in [-0.3, -0.25) is 0 Å². The molecule has 0 radical (unpaired) electrons. The maximum atomic E-state index is 5.88. The Balaban J connectivity index is 1.86. The van der Waals surface area contributed by atoms with Gasteiger partial charge in [0.25, 0.3) is 0 Å². The van der Waals surface area contributed by atoms with Gasteiger partial charge in [0.2, 0.25) is 0 Å². The van der Waals surface area contributed by atoms with Crippen molar-refractivity contribution < 1.29 is 0 Å². The first kappa shape index (κ1) is 11.6. The van der Waals surface area contributed by atoms with Crippen LogP contribution in [0, 0.1) is 5.92 Å². The maximum absolute atomic E-state index is 5.88. The van der Waals surface area contributed by atoms with Gasteiger partial charge in [0.1, 0.15) is 4.33 Å². The van der Waals surface area contributed by atoms with E-state index in [0.717, 1.165) is 26.1 Å². The van der Waals surface area contributed by atoms with Crippen LogP contribution in [0.1, 0.15) is 20.3 Å². The van der Waals surface area contributed by atoms with E-state index in [0.29, 0.717) is 12.0 Å². The Labute approximate surface area is 90.4 Å². The second kappa shape index (κ2) is 4.83. The maximum Gasteiger partial charge on any atom is 0.122 e. The second-order valence-electron chi connectivity index (χ2n) is 3.98. The van der Waals surface area contributed by atoms with Gasteiger partial charge in [-0.05, 0) is 6.42 Å². The summed E-state index contributed by atoms with van der Waals surface area (Å²) in [4.78, 5) is 0. The number of hydrogen-bond acceptors (Lipinski definition) is 2. The molecule has 0 aromatic rings. The summed E-state index contributed by atoms with van der Waals surface area (Å²) in [6.45, 7) is 7.21. The highest BCUT2D eigenvalue weighted by Crippen LogP contribution is 2.52. The smallest absolute Gasteiger partial charge is 0.122 e. The molecule has 0 saturated heterocycles. The van der Waals surface area contributed by atoms with Gasteiger partial charge in [-0.15, -0.1) is 23.2 Å². The van der Waals surface area contributed by atoms with Crippen molar-refractivity contribution >= 4 is 23.2 Å². The lowest BCUT2D eigenvalue weighted by atomic mass is 10.4. The molecule has 1 aliphatic carbocycles. The average Bonchev–Trinajstić information content (AvgIpc) is 2.58. The minimum Gasteiger partial charge on any atom is -0.315 e. The summed E-state index contributed by atoms with van der Waals surface area (Å²) in [5, 5.41) is 6.66. The number of rotatable bonds is 6. The van der Waals surface area contributed by atoms with Crippen LogP contribution in [0.3, 0.4) is 0 Å². The summed E-state index contributed by atoms with van der Waals surface area (Å²) in [6.07, 6.45) is 0.931. The highest BCUT2D eigenvalue weighted by Gasteiger charge is 2.50. The fourth-order valence-electron chi connectivity index (χ4n) is 1.22. The van der Waals surface area contributed by atoms with Crippen LogP contribution < -0.4 is 10.6 Å². The largest absolute Gasteiger partial charge is 0.315 e. The van der Waals surface area contributed by atoms with E-state index >= 15 is 0 Å². The SMILES string of the molecule is CC(C)NCCNCC1CC1(Cl)Cl. The van der Waals surface area contributed by atoms with E-state index in [4.69, 9.17) is 23.2 Å². The van der Waals surface area contributed by atoms with Gasteiger partial charge in [-0.1, -0.05) is 13.8 Å². The Morgan fingerprint density at radius 3 is 2.46 bits per heavy atom.